The monoisotopic (exact) mass is 806 g/mol. The van der Waals surface area contributed by atoms with Crippen LogP contribution in [-0.4, -0.2) is 11.2 Å². The van der Waals surface area contributed by atoms with Crippen LogP contribution in [0.2, 0.25) is 0 Å². The molecular weight excluding hydrogens is 786 g/mol. The standard InChI is InChI=1S/C30H21BrI2N2O2S/c1-2-13-37-28-23(32)14-17(15-24(28)33)16-25-29(36)35-27(19-7-10-20(31)11-8-19)22-12-9-18-5-3-4-6-21(18)26(22)34-30(35)38-25/h2-8,10-11,14-16,27H,1,9,12-13H2/b25-16-/t27-/m0/s1. The van der Waals surface area contributed by atoms with Crippen LogP contribution in [0.5, 0.6) is 5.75 Å². The van der Waals surface area contributed by atoms with E-state index in [-0.39, 0.29) is 11.6 Å². The fourth-order valence-electron chi connectivity index (χ4n) is 5.06. The Labute approximate surface area is 259 Å². The third-order valence-corrected chi connectivity index (χ3v) is 9.84. The molecule has 0 saturated heterocycles. The first-order valence-electron chi connectivity index (χ1n) is 12.1. The van der Waals surface area contributed by atoms with Crippen LogP contribution in [0, 0.1) is 7.14 Å². The van der Waals surface area contributed by atoms with Crippen LogP contribution in [-0.2, 0) is 6.42 Å². The van der Waals surface area contributed by atoms with E-state index in [1.165, 1.54) is 28.0 Å². The van der Waals surface area contributed by atoms with Crippen molar-refractivity contribution in [1.82, 2.24) is 4.57 Å². The Balaban J connectivity index is 1.55. The average Bonchev–Trinajstić information content (AvgIpc) is 3.22. The van der Waals surface area contributed by atoms with Crippen molar-refractivity contribution in [3.63, 3.8) is 0 Å². The summed E-state index contributed by atoms with van der Waals surface area (Å²) in [4.78, 5) is 19.8. The molecule has 2 heterocycles. The zero-order valence-electron chi connectivity index (χ0n) is 20.1. The van der Waals surface area contributed by atoms with Gasteiger partial charge in [-0.3, -0.25) is 9.36 Å². The van der Waals surface area contributed by atoms with Crippen LogP contribution in [0.25, 0.3) is 11.8 Å². The molecule has 0 unspecified atom stereocenters. The number of nitrogens with zero attached hydrogens (tertiary/aromatic N) is 2. The molecule has 8 heteroatoms. The summed E-state index contributed by atoms with van der Waals surface area (Å²) in [6, 6.07) is 20.7. The predicted octanol–water partition coefficient (Wildman–Crippen LogP) is 6.86. The van der Waals surface area contributed by atoms with Crippen LogP contribution in [0.1, 0.15) is 34.7 Å². The number of fused-ring (bicyclic) bond motifs is 3. The summed E-state index contributed by atoms with van der Waals surface area (Å²) in [5.41, 5.74) is 6.75. The number of ether oxygens (including phenoxy) is 1. The molecule has 1 aliphatic heterocycles. The van der Waals surface area contributed by atoms with Gasteiger partial charge in [0.25, 0.3) is 5.56 Å². The van der Waals surface area contributed by atoms with E-state index in [0.717, 1.165) is 51.8 Å². The first-order chi connectivity index (χ1) is 18.4. The lowest BCUT2D eigenvalue weighted by Gasteiger charge is -2.30. The van der Waals surface area contributed by atoms with Gasteiger partial charge in [-0.15, -0.1) is 0 Å². The van der Waals surface area contributed by atoms with E-state index in [4.69, 9.17) is 9.73 Å². The van der Waals surface area contributed by atoms with E-state index >= 15 is 0 Å². The summed E-state index contributed by atoms with van der Waals surface area (Å²) < 4.78 is 11.4. The van der Waals surface area contributed by atoms with Crippen molar-refractivity contribution in [1.29, 1.82) is 0 Å². The minimum atomic E-state index is -0.181. The summed E-state index contributed by atoms with van der Waals surface area (Å²) in [5, 5.41) is 0. The number of hydrogen-bond donors (Lipinski definition) is 0. The van der Waals surface area contributed by atoms with Gasteiger partial charge in [0, 0.05) is 10.0 Å². The molecule has 4 aromatic rings. The zero-order chi connectivity index (χ0) is 26.4. The summed E-state index contributed by atoms with van der Waals surface area (Å²) in [6.07, 6.45) is 5.53. The molecule has 190 valence electrons. The molecule has 3 aromatic carbocycles. The van der Waals surface area contributed by atoms with E-state index in [1.54, 1.807) is 6.08 Å². The number of halogens is 3. The number of benzene rings is 3. The Morgan fingerprint density at radius 1 is 1.11 bits per heavy atom. The molecule has 6 rings (SSSR count). The second kappa shape index (κ2) is 10.9. The Hall–Kier alpha value is -2.02. The fourth-order valence-corrected chi connectivity index (χ4v) is 8.45. The molecule has 1 aromatic heterocycles. The lowest BCUT2D eigenvalue weighted by atomic mass is 9.83. The lowest BCUT2D eigenvalue weighted by Crippen LogP contribution is -2.38. The summed E-state index contributed by atoms with van der Waals surface area (Å²) in [7, 11) is 0. The summed E-state index contributed by atoms with van der Waals surface area (Å²) >= 11 is 9.58. The highest BCUT2D eigenvalue weighted by Gasteiger charge is 2.32. The second-order valence-electron chi connectivity index (χ2n) is 9.08. The fraction of sp³-hybridized carbons (Fsp3) is 0.133. The molecule has 0 spiro atoms. The van der Waals surface area contributed by atoms with Crippen molar-refractivity contribution in [2.45, 2.75) is 18.9 Å². The molecule has 0 amide bonds. The van der Waals surface area contributed by atoms with E-state index in [9.17, 15) is 4.79 Å². The van der Waals surface area contributed by atoms with Crippen molar-refractivity contribution >= 4 is 84.2 Å². The molecule has 1 atom stereocenters. The van der Waals surface area contributed by atoms with Gasteiger partial charge in [0.15, 0.2) is 4.80 Å². The van der Waals surface area contributed by atoms with Crippen molar-refractivity contribution in [2.75, 3.05) is 6.61 Å². The summed E-state index contributed by atoms with van der Waals surface area (Å²) in [6.45, 7) is 4.19. The Kier molecular flexibility index (Phi) is 7.49. The van der Waals surface area contributed by atoms with E-state index in [2.05, 4.69) is 104 Å². The minimum Gasteiger partial charge on any atom is -0.487 e. The molecule has 1 aliphatic carbocycles. The van der Waals surface area contributed by atoms with Crippen LogP contribution >= 0.6 is 72.4 Å². The molecule has 38 heavy (non-hydrogen) atoms. The van der Waals surface area contributed by atoms with Gasteiger partial charge in [0.2, 0.25) is 0 Å². The van der Waals surface area contributed by atoms with E-state index < -0.39 is 0 Å². The quantitative estimate of drug-likeness (QED) is 0.164. The van der Waals surface area contributed by atoms with Crippen LogP contribution in [0.3, 0.4) is 0 Å². The van der Waals surface area contributed by atoms with E-state index in [0.29, 0.717) is 11.1 Å². The molecular formula is C30H21BrI2N2O2S. The van der Waals surface area contributed by atoms with Gasteiger partial charge in [-0.25, -0.2) is 4.99 Å². The van der Waals surface area contributed by atoms with Gasteiger partial charge in [-0.05, 0) is 111 Å². The van der Waals surface area contributed by atoms with E-state index in [1.807, 2.05) is 34.9 Å². The largest absolute Gasteiger partial charge is 0.487 e. The van der Waals surface area contributed by atoms with Crippen LogP contribution in [0.15, 0.2) is 93.2 Å². The number of thiazole rings is 1. The lowest BCUT2D eigenvalue weighted by molar-refractivity contribution is 0.358. The smallest absolute Gasteiger partial charge is 0.271 e. The van der Waals surface area contributed by atoms with Gasteiger partial charge in [0.1, 0.15) is 12.4 Å². The summed E-state index contributed by atoms with van der Waals surface area (Å²) in [5.74, 6) is 0.839. The van der Waals surface area contributed by atoms with Crippen molar-refractivity contribution in [3.05, 3.63) is 132 Å². The number of hydrogen-bond acceptors (Lipinski definition) is 4. The Bertz CT molecular complexity index is 1780. The molecule has 0 saturated carbocycles. The van der Waals surface area contributed by atoms with Crippen LogP contribution in [0.4, 0.5) is 0 Å². The Morgan fingerprint density at radius 3 is 2.58 bits per heavy atom. The van der Waals surface area contributed by atoms with Gasteiger partial charge >= 0.3 is 0 Å². The molecule has 2 aliphatic rings. The normalized spacial score (nSPS) is 16.4. The SMILES string of the molecule is C=CCOc1c(I)cc(/C=c2\sc3n(c2=O)[C@@H](c2ccc(Br)cc2)C2=C(N=3)c3ccccc3CC2)cc1I. The molecule has 0 radical (unpaired) electrons. The van der Waals surface area contributed by atoms with Gasteiger partial charge < -0.3 is 4.74 Å². The highest BCUT2D eigenvalue weighted by atomic mass is 127. The first-order valence-corrected chi connectivity index (χ1v) is 15.8. The van der Waals surface area contributed by atoms with Crippen molar-refractivity contribution in [3.8, 4) is 5.75 Å². The third kappa shape index (κ3) is 4.77. The second-order valence-corrected chi connectivity index (χ2v) is 13.3. The third-order valence-electron chi connectivity index (χ3n) is 6.72. The predicted molar refractivity (Wildman–Crippen MR) is 174 cm³/mol. The highest BCUT2D eigenvalue weighted by Crippen LogP contribution is 2.41. The number of aromatic nitrogens is 1. The molecule has 0 fully saturated rings. The average molecular weight is 807 g/mol. The van der Waals surface area contributed by atoms with Crippen LogP contribution < -0.4 is 19.6 Å². The molecule has 0 bridgehead atoms. The van der Waals surface area contributed by atoms with Gasteiger partial charge in [-0.1, -0.05) is 76.3 Å². The van der Waals surface area contributed by atoms with Gasteiger partial charge in [0.05, 0.1) is 23.4 Å². The zero-order valence-corrected chi connectivity index (χ0v) is 26.8. The maximum Gasteiger partial charge on any atom is 0.271 e. The maximum atomic E-state index is 14.0. The Morgan fingerprint density at radius 2 is 1.84 bits per heavy atom. The molecule has 4 nitrogen and oxygen atoms in total. The molecule has 0 N–H and O–H groups in total. The van der Waals surface area contributed by atoms with Crippen molar-refractivity contribution in [2.24, 2.45) is 4.99 Å². The number of aryl methyl sites for hydroxylation is 1. The maximum absolute atomic E-state index is 14.0. The minimum absolute atomic E-state index is 0.0101. The number of rotatable bonds is 5. The van der Waals surface area contributed by atoms with Gasteiger partial charge in [-0.2, -0.15) is 0 Å². The van der Waals surface area contributed by atoms with Crippen molar-refractivity contribution < 1.29 is 4.74 Å². The number of allylic oxidation sites excluding steroid dienone is 1. The highest BCUT2D eigenvalue weighted by molar-refractivity contribution is 14.1. The first kappa shape index (κ1) is 26.2. The topological polar surface area (TPSA) is 43.6 Å².